The highest BCUT2D eigenvalue weighted by Crippen LogP contribution is 1.94. The second kappa shape index (κ2) is 5.75. The van der Waals surface area contributed by atoms with Gasteiger partial charge in [-0.3, -0.25) is 0 Å². The van der Waals surface area contributed by atoms with Gasteiger partial charge < -0.3 is 9.47 Å². The molecule has 0 bridgehead atoms. The number of hydrogen-bond acceptors (Lipinski definition) is 5. The highest BCUT2D eigenvalue weighted by Gasteiger charge is 2.12. The molecule has 0 aliphatic heterocycles. The van der Waals surface area contributed by atoms with Gasteiger partial charge in [-0.2, -0.15) is 5.26 Å². The number of esters is 2. The van der Waals surface area contributed by atoms with Gasteiger partial charge in [-0.15, -0.1) is 0 Å². The highest BCUT2D eigenvalue weighted by atomic mass is 16.6. The predicted molar refractivity (Wildman–Crippen MR) is 46.9 cm³/mol. The van der Waals surface area contributed by atoms with E-state index in [2.05, 4.69) is 16.1 Å². The lowest BCUT2D eigenvalue weighted by atomic mass is 10.3. The third kappa shape index (κ3) is 4.93. The van der Waals surface area contributed by atoms with Crippen LogP contribution in [0.4, 0.5) is 0 Å². The largest absolute Gasteiger partial charge is 0.460 e. The molecule has 0 rings (SSSR count). The van der Waals surface area contributed by atoms with E-state index in [-0.39, 0.29) is 11.7 Å². The van der Waals surface area contributed by atoms with Crippen LogP contribution < -0.4 is 0 Å². The number of nitrogens with zero attached hydrogens (tertiary/aromatic N) is 1. The van der Waals surface area contributed by atoms with Crippen molar-refractivity contribution in [2.75, 3.05) is 6.61 Å². The fourth-order valence-electron chi connectivity index (χ4n) is 0.554. The molecule has 0 amide bonds. The van der Waals surface area contributed by atoms with E-state index in [9.17, 15) is 9.59 Å². The van der Waals surface area contributed by atoms with E-state index >= 15 is 0 Å². The Morgan fingerprint density at radius 1 is 1.50 bits per heavy atom. The zero-order valence-corrected chi connectivity index (χ0v) is 8.07. The van der Waals surface area contributed by atoms with Crippen LogP contribution in [0.1, 0.15) is 13.8 Å². The molecular formula is C9H11NO4. The molecule has 0 atom stereocenters. The standard InChI is InChI=1S/C9H11NO4/c1-6(2)14-8(11)5-13-9(12)7(3)4-10/h6H,3,5H2,1-2H3. The summed E-state index contributed by atoms with van der Waals surface area (Å²) in [7, 11) is 0. The summed E-state index contributed by atoms with van der Waals surface area (Å²) in [5.74, 6) is -1.56. The van der Waals surface area contributed by atoms with Crippen molar-refractivity contribution in [1.82, 2.24) is 0 Å². The Bertz CT molecular complexity index is 288. The zero-order valence-electron chi connectivity index (χ0n) is 8.07. The van der Waals surface area contributed by atoms with E-state index in [1.165, 1.54) is 6.07 Å². The van der Waals surface area contributed by atoms with Crippen molar-refractivity contribution in [3.63, 3.8) is 0 Å². The molecule has 0 heterocycles. The molecule has 0 unspecified atom stereocenters. The second-order valence-electron chi connectivity index (χ2n) is 2.71. The minimum absolute atomic E-state index is 0.264. The average Bonchev–Trinajstić information content (AvgIpc) is 2.11. The molecular weight excluding hydrogens is 186 g/mol. The number of carbonyl (C=O) groups is 2. The molecule has 0 fully saturated rings. The lowest BCUT2D eigenvalue weighted by Crippen LogP contribution is -2.19. The summed E-state index contributed by atoms with van der Waals surface area (Å²) in [6.45, 7) is 5.97. The normalized spacial score (nSPS) is 9.00. The lowest BCUT2D eigenvalue weighted by Gasteiger charge is -2.07. The maximum Gasteiger partial charge on any atom is 0.348 e. The van der Waals surface area contributed by atoms with Crippen LogP contribution >= 0.6 is 0 Å². The highest BCUT2D eigenvalue weighted by molar-refractivity contribution is 5.93. The summed E-state index contributed by atoms with van der Waals surface area (Å²) in [5, 5.41) is 8.25. The van der Waals surface area contributed by atoms with E-state index in [1.54, 1.807) is 13.8 Å². The molecule has 0 radical (unpaired) electrons. The lowest BCUT2D eigenvalue weighted by molar-refractivity contribution is -0.159. The van der Waals surface area contributed by atoms with Crippen LogP contribution in [0.15, 0.2) is 12.2 Å². The number of hydrogen-bond donors (Lipinski definition) is 0. The topological polar surface area (TPSA) is 76.4 Å². The molecule has 5 nitrogen and oxygen atoms in total. The van der Waals surface area contributed by atoms with E-state index in [4.69, 9.17) is 5.26 Å². The van der Waals surface area contributed by atoms with Crippen molar-refractivity contribution in [2.45, 2.75) is 20.0 Å². The molecule has 14 heavy (non-hydrogen) atoms. The molecule has 0 aromatic rings. The van der Waals surface area contributed by atoms with Crippen molar-refractivity contribution in [3.8, 4) is 6.07 Å². The molecule has 0 aliphatic rings. The summed E-state index contributed by atoms with van der Waals surface area (Å²) < 4.78 is 9.11. The van der Waals surface area contributed by atoms with Gasteiger partial charge >= 0.3 is 11.9 Å². The Kier molecular flexibility index (Phi) is 5.00. The van der Waals surface area contributed by atoms with Gasteiger partial charge in [-0.25, -0.2) is 9.59 Å². The molecule has 76 valence electrons. The Hall–Kier alpha value is -1.83. The smallest absolute Gasteiger partial charge is 0.348 e. The maximum atomic E-state index is 10.9. The van der Waals surface area contributed by atoms with Crippen LogP contribution in [-0.2, 0) is 19.1 Å². The average molecular weight is 197 g/mol. The van der Waals surface area contributed by atoms with E-state index < -0.39 is 18.5 Å². The minimum Gasteiger partial charge on any atom is -0.460 e. The minimum atomic E-state index is -0.909. The quantitative estimate of drug-likeness (QED) is 0.374. The van der Waals surface area contributed by atoms with Gasteiger partial charge in [0, 0.05) is 0 Å². The summed E-state index contributed by atoms with van der Waals surface area (Å²) in [5.41, 5.74) is -0.345. The predicted octanol–water partition coefficient (Wildman–Crippen LogP) is 0.561. The van der Waals surface area contributed by atoms with E-state index in [1.807, 2.05) is 0 Å². The summed E-state index contributed by atoms with van der Waals surface area (Å²) >= 11 is 0. The first-order valence-corrected chi connectivity index (χ1v) is 3.93. The maximum absolute atomic E-state index is 10.9. The van der Waals surface area contributed by atoms with Gasteiger partial charge in [-0.05, 0) is 13.8 Å². The van der Waals surface area contributed by atoms with Crippen molar-refractivity contribution in [1.29, 1.82) is 5.26 Å². The van der Waals surface area contributed by atoms with Gasteiger partial charge in [-0.1, -0.05) is 6.58 Å². The fourth-order valence-corrected chi connectivity index (χ4v) is 0.554. The number of ether oxygens (including phenoxy) is 2. The Balaban J connectivity index is 3.85. The van der Waals surface area contributed by atoms with Crippen molar-refractivity contribution >= 4 is 11.9 Å². The third-order valence-electron chi connectivity index (χ3n) is 1.07. The van der Waals surface area contributed by atoms with Gasteiger partial charge in [0.05, 0.1) is 6.10 Å². The number of rotatable bonds is 4. The van der Waals surface area contributed by atoms with E-state index in [0.717, 1.165) is 0 Å². The molecule has 0 aromatic heterocycles. The van der Waals surface area contributed by atoms with Crippen LogP contribution in [0.2, 0.25) is 0 Å². The van der Waals surface area contributed by atoms with Gasteiger partial charge in [0.1, 0.15) is 11.6 Å². The molecule has 0 saturated carbocycles. The number of carbonyl (C=O) groups excluding carboxylic acids is 2. The molecule has 5 heteroatoms. The number of nitriles is 1. The first-order chi connectivity index (χ1) is 6.47. The Morgan fingerprint density at radius 2 is 2.07 bits per heavy atom. The molecule has 0 spiro atoms. The molecule has 0 N–H and O–H groups in total. The van der Waals surface area contributed by atoms with Crippen molar-refractivity contribution in [2.24, 2.45) is 0 Å². The van der Waals surface area contributed by atoms with Crippen LogP contribution in [0.3, 0.4) is 0 Å². The van der Waals surface area contributed by atoms with Crippen molar-refractivity contribution < 1.29 is 19.1 Å². The van der Waals surface area contributed by atoms with Crippen LogP contribution in [0.5, 0.6) is 0 Å². The van der Waals surface area contributed by atoms with Crippen LogP contribution in [-0.4, -0.2) is 24.6 Å². The van der Waals surface area contributed by atoms with Crippen LogP contribution in [0, 0.1) is 11.3 Å². The summed E-state index contributed by atoms with van der Waals surface area (Å²) in [4.78, 5) is 21.7. The first-order valence-electron chi connectivity index (χ1n) is 3.93. The van der Waals surface area contributed by atoms with Crippen molar-refractivity contribution in [3.05, 3.63) is 12.2 Å². The SMILES string of the molecule is C=C(C#N)C(=O)OCC(=O)OC(C)C. The van der Waals surface area contributed by atoms with Gasteiger partial charge in [0.2, 0.25) is 0 Å². The zero-order chi connectivity index (χ0) is 11.1. The Morgan fingerprint density at radius 3 is 2.50 bits per heavy atom. The summed E-state index contributed by atoms with van der Waals surface area (Å²) in [6, 6.07) is 1.51. The summed E-state index contributed by atoms with van der Waals surface area (Å²) in [6.07, 6.45) is -0.264. The second-order valence-corrected chi connectivity index (χ2v) is 2.71. The monoisotopic (exact) mass is 197 g/mol. The third-order valence-corrected chi connectivity index (χ3v) is 1.07. The van der Waals surface area contributed by atoms with Gasteiger partial charge in [0.25, 0.3) is 0 Å². The first kappa shape index (κ1) is 12.2. The van der Waals surface area contributed by atoms with Gasteiger partial charge in [0.15, 0.2) is 6.61 Å². The van der Waals surface area contributed by atoms with Crippen LogP contribution in [0.25, 0.3) is 0 Å². The molecule has 0 aromatic carbocycles. The molecule has 0 aliphatic carbocycles. The molecule has 0 saturated heterocycles. The van der Waals surface area contributed by atoms with E-state index in [0.29, 0.717) is 0 Å². The Labute approximate surface area is 81.9 Å². The fraction of sp³-hybridized carbons (Fsp3) is 0.444.